The van der Waals surface area contributed by atoms with Crippen molar-refractivity contribution in [3.63, 3.8) is 0 Å². The second kappa shape index (κ2) is 40.1. The van der Waals surface area contributed by atoms with Crippen LogP contribution in [0.5, 0.6) is 0 Å². The maximum atomic E-state index is 12.9. The molecule has 4 N–H and O–H groups in total. The van der Waals surface area contributed by atoms with E-state index in [0.29, 0.717) is 13.0 Å². The summed E-state index contributed by atoms with van der Waals surface area (Å²) in [5, 5.41) is 30.7. The fourth-order valence-electron chi connectivity index (χ4n) is 6.81. The Bertz CT molecular complexity index is 1360. The van der Waals surface area contributed by atoms with E-state index in [0.717, 1.165) is 70.6 Å². The van der Waals surface area contributed by atoms with Crippen LogP contribution >= 0.6 is 0 Å². The van der Waals surface area contributed by atoms with E-state index in [4.69, 9.17) is 23.5 Å². The fraction of sp³-hybridized carbons (Fsp3) is 0.735. The number of hydrogen-bond acceptors (Lipinski definition) is 11. The predicted octanol–water partition coefficient (Wildman–Crippen LogP) is 10.3. The zero-order valence-corrected chi connectivity index (χ0v) is 39.0. The van der Waals surface area contributed by atoms with E-state index in [1.165, 1.54) is 70.6 Å². The van der Waals surface area contributed by atoms with Crippen molar-refractivity contribution >= 4 is 16.4 Å². The van der Waals surface area contributed by atoms with E-state index in [-0.39, 0.29) is 19.6 Å². The molecule has 0 aromatic heterocycles. The monoisotopic (exact) mass is 897 g/mol. The van der Waals surface area contributed by atoms with Crippen LogP contribution in [0, 0.1) is 0 Å². The van der Waals surface area contributed by atoms with Gasteiger partial charge in [0.1, 0.15) is 30.5 Å². The lowest BCUT2D eigenvalue weighted by Gasteiger charge is -2.41. The third kappa shape index (κ3) is 33.1. The van der Waals surface area contributed by atoms with Crippen molar-refractivity contribution in [2.24, 2.45) is 0 Å². The standard InChI is InChI=1S/C49H84O12S/c1-3-5-7-9-11-13-15-17-19-20-21-22-23-25-27-29-31-33-35-37-39-57-41-43(42-58-49-47(53)48(61-62(54,55)56)46(52)44(40-50)60-49)59-45(51)38-36-34-32-30-28-26-24-18-16-14-12-10-8-6-4-2/h5,7,11,13,17,19,21-22,25,27,31,33,43-44,46-50,52-53H,3-4,6,8-10,12,14-16,18,20,23-24,26,28-30,32,34-42H2,1-2H3,(H,54,55,56)/b7-5-,13-11-,19-17-,22-21-,27-25-,33-31-. The molecular formula is C49H84O12S. The molecule has 1 heterocycles. The molecule has 1 rings (SSSR count). The lowest BCUT2D eigenvalue weighted by atomic mass is 9.99. The molecule has 0 aromatic carbocycles. The molecule has 6 atom stereocenters. The Morgan fingerprint density at radius 3 is 1.56 bits per heavy atom. The van der Waals surface area contributed by atoms with E-state index in [1.807, 2.05) is 0 Å². The van der Waals surface area contributed by atoms with E-state index in [2.05, 4.69) is 90.9 Å². The summed E-state index contributed by atoms with van der Waals surface area (Å²) in [5.41, 5.74) is 0. The molecule has 0 amide bonds. The molecule has 6 unspecified atom stereocenters. The molecule has 62 heavy (non-hydrogen) atoms. The summed E-state index contributed by atoms with van der Waals surface area (Å²) in [7, 11) is -5.07. The number of hydrogen-bond donors (Lipinski definition) is 4. The van der Waals surface area contributed by atoms with Crippen LogP contribution < -0.4 is 0 Å². The molecule has 0 aromatic rings. The van der Waals surface area contributed by atoms with Gasteiger partial charge in [-0.25, -0.2) is 4.18 Å². The van der Waals surface area contributed by atoms with Gasteiger partial charge in [0, 0.05) is 13.0 Å². The van der Waals surface area contributed by atoms with Crippen LogP contribution in [0.15, 0.2) is 72.9 Å². The zero-order chi connectivity index (χ0) is 45.4. The lowest BCUT2D eigenvalue weighted by Crippen LogP contribution is -2.60. The first-order chi connectivity index (χ1) is 30.1. The summed E-state index contributed by atoms with van der Waals surface area (Å²) >= 11 is 0. The topological polar surface area (TPSA) is 178 Å². The van der Waals surface area contributed by atoms with Gasteiger partial charge in [-0.1, -0.05) is 177 Å². The van der Waals surface area contributed by atoms with Crippen molar-refractivity contribution in [1.29, 1.82) is 0 Å². The van der Waals surface area contributed by atoms with Gasteiger partial charge in [-0.2, -0.15) is 8.42 Å². The number of esters is 1. The van der Waals surface area contributed by atoms with Gasteiger partial charge in [0.15, 0.2) is 6.29 Å². The summed E-state index contributed by atoms with van der Waals surface area (Å²) in [6.07, 6.45) is 42.3. The number of carbonyl (C=O) groups excluding carboxylic acids is 1. The molecule has 1 aliphatic heterocycles. The second-order valence-corrected chi connectivity index (χ2v) is 17.0. The number of rotatable bonds is 40. The summed E-state index contributed by atoms with van der Waals surface area (Å²) in [6, 6.07) is 0. The quantitative estimate of drug-likeness (QED) is 0.0198. The first kappa shape index (κ1) is 57.6. The third-order valence-electron chi connectivity index (χ3n) is 10.3. The second-order valence-electron chi connectivity index (χ2n) is 16.0. The van der Waals surface area contributed by atoms with E-state index >= 15 is 0 Å². The molecule has 0 radical (unpaired) electrons. The Morgan fingerprint density at radius 2 is 1.10 bits per heavy atom. The normalized spacial score (nSPS) is 20.6. The highest BCUT2D eigenvalue weighted by molar-refractivity contribution is 7.80. The highest BCUT2D eigenvalue weighted by atomic mass is 32.3. The van der Waals surface area contributed by atoms with Crippen molar-refractivity contribution < 1.29 is 56.2 Å². The van der Waals surface area contributed by atoms with Gasteiger partial charge in [-0.3, -0.25) is 9.35 Å². The maximum Gasteiger partial charge on any atom is 0.397 e. The molecule has 12 nitrogen and oxygen atoms in total. The zero-order valence-electron chi connectivity index (χ0n) is 38.2. The number of ether oxygens (including phenoxy) is 4. The third-order valence-corrected chi connectivity index (χ3v) is 10.8. The van der Waals surface area contributed by atoms with Crippen LogP contribution in [0.4, 0.5) is 0 Å². The van der Waals surface area contributed by atoms with Crippen molar-refractivity contribution in [1.82, 2.24) is 0 Å². The molecule has 358 valence electrons. The Labute approximate surface area is 375 Å². The molecule has 13 heteroatoms. The summed E-state index contributed by atoms with van der Waals surface area (Å²) in [6.45, 7) is 3.72. The van der Waals surface area contributed by atoms with E-state index in [1.54, 1.807) is 0 Å². The highest BCUT2D eigenvalue weighted by Gasteiger charge is 2.48. The molecule has 0 bridgehead atoms. The minimum absolute atomic E-state index is 0.00579. The van der Waals surface area contributed by atoms with Crippen LogP contribution in [0.25, 0.3) is 0 Å². The molecule has 0 aliphatic carbocycles. The van der Waals surface area contributed by atoms with Crippen LogP contribution in [0.3, 0.4) is 0 Å². The molecular weight excluding hydrogens is 813 g/mol. The predicted molar refractivity (Wildman–Crippen MR) is 248 cm³/mol. The van der Waals surface area contributed by atoms with Crippen molar-refractivity contribution in [3.8, 4) is 0 Å². The molecule has 0 saturated carbocycles. The van der Waals surface area contributed by atoms with Gasteiger partial charge in [0.25, 0.3) is 0 Å². The largest absolute Gasteiger partial charge is 0.457 e. The van der Waals surface area contributed by atoms with Gasteiger partial charge in [-0.15, -0.1) is 0 Å². The maximum absolute atomic E-state index is 12.9. The van der Waals surface area contributed by atoms with Crippen molar-refractivity contribution in [3.05, 3.63) is 72.9 Å². The SMILES string of the molecule is CC/C=C\C/C=C\C/C=C\C/C=C\C/C=C\C/C=C\CCCOCC(COC1OC(CO)C(O)C(OS(=O)(=O)O)C1O)OC(=O)CCCCCCCCCCCCCCCCC. The molecule has 1 saturated heterocycles. The number of aliphatic hydroxyl groups excluding tert-OH is 3. The Morgan fingerprint density at radius 1 is 0.629 bits per heavy atom. The van der Waals surface area contributed by atoms with E-state index in [9.17, 15) is 28.5 Å². The lowest BCUT2D eigenvalue weighted by molar-refractivity contribution is -0.301. The van der Waals surface area contributed by atoms with Crippen LogP contribution in [0.2, 0.25) is 0 Å². The smallest absolute Gasteiger partial charge is 0.397 e. The average Bonchev–Trinajstić information content (AvgIpc) is 3.24. The molecule has 1 aliphatic rings. The summed E-state index contributed by atoms with van der Waals surface area (Å²) in [4.78, 5) is 12.9. The summed E-state index contributed by atoms with van der Waals surface area (Å²) < 4.78 is 59.0. The van der Waals surface area contributed by atoms with Gasteiger partial charge in [0.05, 0.1) is 19.8 Å². The number of carbonyl (C=O) groups is 1. The number of aliphatic hydroxyl groups is 3. The Hall–Kier alpha value is -2.46. The average molecular weight is 897 g/mol. The van der Waals surface area contributed by atoms with Gasteiger partial charge in [-0.05, 0) is 57.8 Å². The number of allylic oxidation sites excluding steroid dienone is 12. The van der Waals surface area contributed by atoms with Crippen LogP contribution in [0.1, 0.15) is 168 Å². The Kier molecular flexibility index (Phi) is 37.2. The first-order valence-corrected chi connectivity index (χ1v) is 25.1. The van der Waals surface area contributed by atoms with Gasteiger partial charge >= 0.3 is 16.4 Å². The highest BCUT2D eigenvalue weighted by Crippen LogP contribution is 2.26. The number of unbranched alkanes of at least 4 members (excludes halogenated alkanes) is 15. The minimum atomic E-state index is -5.07. The van der Waals surface area contributed by atoms with Crippen molar-refractivity contribution in [2.75, 3.05) is 26.4 Å². The minimum Gasteiger partial charge on any atom is -0.457 e. The molecule has 0 spiro atoms. The van der Waals surface area contributed by atoms with E-state index < -0.39 is 59.8 Å². The Balaban J connectivity index is 2.46. The van der Waals surface area contributed by atoms with Crippen LogP contribution in [-0.2, 0) is 38.3 Å². The summed E-state index contributed by atoms with van der Waals surface area (Å²) in [5.74, 6) is -0.420. The fourth-order valence-corrected chi connectivity index (χ4v) is 7.31. The first-order valence-electron chi connectivity index (χ1n) is 23.7. The van der Waals surface area contributed by atoms with Crippen LogP contribution in [-0.4, -0.2) is 97.5 Å². The van der Waals surface area contributed by atoms with Gasteiger partial charge in [0.2, 0.25) is 0 Å². The molecule has 1 fully saturated rings. The van der Waals surface area contributed by atoms with Gasteiger partial charge < -0.3 is 34.3 Å². The van der Waals surface area contributed by atoms with Crippen molar-refractivity contribution in [2.45, 2.75) is 205 Å².